The highest BCUT2D eigenvalue weighted by molar-refractivity contribution is 5.84. The molecule has 2 N–H and O–H groups in total. The quantitative estimate of drug-likeness (QED) is 0.385. The maximum Gasteiger partial charge on any atom is 0.182 e. The summed E-state index contributed by atoms with van der Waals surface area (Å²) in [6.07, 6.45) is 1.59. The molecule has 2 atom stereocenters. The van der Waals surface area contributed by atoms with Crippen molar-refractivity contribution in [2.45, 2.75) is 51.9 Å². The number of aliphatic imine (C=N–C) groups is 1. The van der Waals surface area contributed by atoms with Gasteiger partial charge >= 0.3 is 0 Å². The zero-order valence-electron chi connectivity index (χ0n) is 14.4. The van der Waals surface area contributed by atoms with Crippen molar-refractivity contribution in [3.63, 3.8) is 0 Å². The Bertz CT molecular complexity index is 726. The lowest BCUT2D eigenvalue weighted by atomic mass is 9.86. The van der Waals surface area contributed by atoms with Crippen molar-refractivity contribution in [1.82, 2.24) is 5.32 Å². The van der Waals surface area contributed by atoms with E-state index in [-0.39, 0.29) is 0 Å². The predicted molar refractivity (Wildman–Crippen MR) is 90.3 cm³/mol. The maximum absolute atomic E-state index is 10.7. The number of rotatable bonds is 3. The van der Waals surface area contributed by atoms with E-state index in [0.717, 1.165) is 0 Å². The van der Waals surface area contributed by atoms with Crippen LogP contribution in [0, 0.1) is 28.7 Å². The summed E-state index contributed by atoms with van der Waals surface area (Å²) >= 11 is 0. The van der Waals surface area contributed by atoms with Crippen LogP contribution in [-0.4, -0.2) is 22.6 Å². The summed E-state index contributed by atoms with van der Waals surface area (Å²) < 4.78 is 5.87. The maximum atomic E-state index is 10.7. The molecule has 1 aliphatic heterocycles. The molecule has 126 valence electrons. The number of hydrogen-bond acceptors (Lipinski definition) is 5. The minimum absolute atomic E-state index is 0.305. The fourth-order valence-electron chi connectivity index (χ4n) is 2.73. The molecule has 0 unspecified atom stereocenters. The van der Waals surface area contributed by atoms with Gasteiger partial charge in [0.05, 0.1) is 11.6 Å². The number of aliphatic hydroxyl groups is 1. The molecule has 0 aromatic heterocycles. The molecule has 1 aromatic carbocycles. The van der Waals surface area contributed by atoms with E-state index in [1.54, 1.807) is 32.0 Å². The van der Waals surface area contributed by atoms with Crippen LogP contribution in [0.4, 0.5) is 0 Å². The Morgan fingerprint density at radius 3 is 2.71 bits per heavy atom. The lowest BCUT2D eigenvalue weighted by Gasteiger charge is -2.40. The number of amidine groups is 1. The molecular weight excluding hydrogens is 304 g/mol. The number of nitrogens with one attached hydrogen (secondary N) is 1. The minimum atomic E-state index is -0.901. The molecule has 6 heteroatoms. The molecule has 24 heavy (non-hydrogen) atoms. The SMILES string of the molecule is CC(C)CC(=N[C@@H]1c2cc(C#N)ccc2OC(C)(C)[C@H]1O)NC#N. The number of nitrogens with zero attached hydrogens (tertiary/aromatic N) is 3. The van der Waals surface area contributed by atoms with E-state index in [1.165, 1.54) is 0 Å². The van der Waals surface area contributed by atoms with Crippen molar-refractivity contribution in [3.05, 3.63) is 29.3 Å². The second-order valence-electron chi connectivity index (χ2n) is 6.87. The van der Waals surface area contributed by atoms with E-state index < -0.39 is 17.7 Å². The smallest absolute Gasteiger partial charge is 0.182 e. The van der Waals surface area contributed by atoms with E-state index in [0.29, 0.717) is 35.1 Å². The van der Waals surface area contributed by atoms with Gasteiger partial charge in [-0.15, -0.1) is 0 Å². The molecule has 0 saturated carbocycles. The van der Waals surface area contributed by atoms with Gasteiger partial charge in [-0.2, -0.15) is 10.5 Å². The molecule has 2 rings (SSSR count). The third-order valence-corrected chi connectivity index (χ3v) is 3.94. The zero-order chi connectivity index (χ0) is 17.9. The fourth-order valence-corrected chi connectivity index (χ4v) is 2.73. The Morgan fingerprint density at radius 2 is 2.12 bits per heavy atom. The van der Waals surface area contributed by atoms with Gasteiger partial charge in [0.25, 0.3) is 0 Å². The summed E-state index contributed by atoms with van der Waals surface area (Å²) in [7, 11) is 0. The molecule has 0 bridgehead atoms. The topological polar surface area (TPSA) is 101 Å². The third-order valence-electron chi connectivity index (χ3n) is 3.94. The average molecular weight is 326 g/mol. The van der Waals surface area contributed by atoms with Crippen molar-refractivity contribution in [2.24, 2.45) is 10.9 Å². The lowest BCUT2D eigenvalue weighted by Crippen LogP contribution is -2.48. The highest BCUT2D eigenvalue weighted by Crippen LogP contribution is 2.42. The Morgan fingerprint density at radius 1 is 1.42 bits per heavy atom. The summed E-state index contributed by atoms with van der Waals surface area (Å²) in [6, 6.07) is 6.57. The Balaban J connectivity index is 2.54. The van der Waals surface area contributed by atoms with Crippen LogP contribution in [0.25, 0.3) is 0 Å². The van der Waals surface area contributed by atoms with Crippen molar-refractivity contribution in [2.75, 3.05) is 0 Å². The second-order valence-corrected chi connectivity index (χ2v) is 6.87. The van der Waals surface area contributed by atoms with Gasteiger partial charge in [0.15, 0.2) is 6.19 Å². The molecule has 6 nitrogen and oxygen atoms in total. The number of ether oxygens (including phenoxy) is 1. The molecule has 0 saturated heterocycles. The van der Waals surface area contributed by atoms with Gasteiger partial charge in [-0.1, -0.05) is 13.8 Å². The average Bonchev–Trinajstić information content (AvgIpc) is 2.50. The zero-order valence-corrected chi connectivity index (χ0v) is 14.4. The van der Waals surface area contributed by atoms with Crippen LogP contribution in [-0.2, 0) is 0 Å². The first-order chi connectivity index (χ1) is 11.3. The monoisotopic (exact) mass is 326 g/mol. The Kier molecular flexibility index (Phi) is 5.11. The first-order valence-corrected chi connectivity index (χ1v) is 7.91. The van der Waals surface area contributed by atoms with Crippen molar-refractivity contribution in [1.29, 1.82) is 10.5 Å². The molecule has 1 aliphatic rings. The van der Waals surface area contributed by atoms with Crippen LogP contribution < -0.4 is 10.1 Å². The Hall–Kier alpha value is -2.57. The van der Waals surface area contributed by atoms with Crippen LogP contribution >= 0.6 is 0 Å². The molecule has 0 radical (unpaired) electrons. The standard InChI is InChI=1S/C18H22N4O2/c1-11(2)7-15(21-10-20)22-16-13-8-12(9-19)5-6-14(13)24-18(3,4)17(16)23/h5-6,8,11,16-17,23H,7H2,1-4H3,(H,21,22)/t16-,17+/m1/s1. The van der Waals surface area contributed by atoms with Gasteiger partial charge in [0.2, 0.25) is 0 Å². The van der Waals surface area contributed by atoms with Gasteiger partial charge in [-0.25, -0.2) is 0 Å². The van der Waals surface area contributed by atoms with Gasteiger partial charge in [0.1, 0.15) is 29.3 Å². The minimum Gasteiger partial charge on any atom is -0.485 e. The van der Waals surface area contributed by atoms with E-state index >= 15 is 0 Å². The second kappa shape index (κ2) is 6.90. The molecule has 1 heterocycles. The van der Waals surface area contributed by atoms with Gasteiger partial charge in [-0.05, 0) is 38.0 Å². The summed E-state index contributed by atoms with van der Waals surface area (Å²) in [6.45, 7) is 7.64. The highest BCUT2D eigenvalue weighted by atomic mass is 16.5. The Labute approximate surface area is 142 Å². The van der Waals surface area contributed by atoms with Crippen LogP contribution in [0.5, 0.6) is 5.75 Å². The summed E-state index contributed by atoms with van der Waals surface area (Å²) in [5.74, 6) is 1.42. The number of hydrogen-bond donors (Lipinski definition) is 2. The molecular formula is C18H22N4O2. The van der Waals surface area contributed by atoms with Crippen LogP contribution in [0.1, 0.15) is 51.3 Å². The third kappa shape index (κ3) is 3.67. The lowest BCUT2D eigenvalue weighted by molar-refractivity contribution is -0.0567. The van der Waals surface area contributed by atoms with E-state index in [9.17, 15) is 5.11 Å². The number of benzene rings is 1. The first-order valence-electron chi connectivity index (χ1n) is 7.91. The molecule has 1 aromatic rings. The van der Waals surface area contributed by atoms with Gasteiger partial charge in [0, 0.05) is 12.0 Å². The molecule has 0 spiro atoms. The number of nitriles is 2. The normalized spacial score (nSPS) is 22.1. The van der Waals surface area contributed by atoms with Crippen molar-refractivity contribution in [3.8, 4) is 18.0 Å². The largest absolute Gasteiger partial charge is 0.485 e. The van der Waals surface area contributed by atoms with E-state index in [1.807, 2.05) is 20.0 Å². The highest BCUT2D eigenvalue weighted by Gasteiger charge is 2.43. The van der Waals surface area contributed by atoms with Crippen LogP contribution in [0.3, 0.4) is 0 Å². The summed E-state index contributed by atoms with van der Waals surface area (Å²) in [5, 5.41) is 31.4. The van der Waals surface area contributed by atoms with Crippen LogP contribution in [0.2, 0.25) is 0 Å². The van der Waals surface area contributed by atoms with Gasteiger partial charge < -0.3 is 9.84 Å². The first kappa shape index (κ1) is 17.8. The van der Waals surface area contributed by atoms with Gasteiger partial charge in [-0.3, -0.25) is 10.3 Å². The number of aliphatic hydroxyl groups excluding tert-OH is 1. The van der Waals surface area contributed by atoms with Crippen molar-refractivity contribution >= 4 is 5.84 Å². The van der Waals surface area contributed by atoms with Crippen LogP contribution in [0.15, 0.2) is 23.2 Å². The molecule has 0 aliphatic carbocycles. The van der Waals surface area contributed by atoms with E-state index in [4.69, 9.17) is 15.3 Å². The van der Waals surface area contributed by atoms with E-state index in [2.05, 4.69) is 16.4 Å². The summed E-state index contributed by atoms with van der Waals surface area (Å²) in [4.78, 5) is 4.60. The summed E-state index contributed by atoms with van der Waals surface area (Å²) in [5.41, 5.74) is 0.301. The molecule has 0 amide bonds. The number of fused-ring (bicyclic) bond motifs is 1. The predicted octanol–water partition coefficient (Wildman–Crippen LogP) is 2.65. The van der Waals surface area contributed by atoms with Crippen molar-refractivity contribution < 1.29 is 9.84 Å². The fraction of sp³-hybridized carbons (Fsp3) is 0.500. The molecule has 0 fully saturated rings.